The van der Waals surface area contributed by atoms with Crippen LogP contribution in [0.15, 0.2) is 30.4 Å². The van der Waals surface area contributed by atoms with Gasteiger partial charge in [-0.25, -0.2) is 8.78 Å². The van der Waals surface area contributed by atoms with Crippen LogP contribution in [0.25, 0.3) is 0 Å². The zero-order chi connectivity index (χ0) is 11.4. The molecule has 0 saturated heterocycles. The van der Waals surface area contributed by atoms with E-state index in [0.29, 0.717) is 18.2 Å². The highest BCUT2D eigenvalue weighted by Gasteiger charge is 2.10. The predicted octanol–water partition coefficient (Wildman–Crippen LogP) is 3.16. The van der Waals surface area contributed by atoms with Crippen LogP contribution in [0, 0.1) is 11.6 Å². The number of hydrogen-bond donors (Lipinski definition) is 1. The first kappa shape index (κ1) is 11.3. The van der Waals surface area contributed by atoms with E-state index in [1.54, 1.807) is 0 Å². The summed E-state index contributed by atoms with van der Waals surface area (Å²) >= 11 is 0. The fraction of sp³-hybridized carbons (Fsp3) is 0.385. The predicted molar refractivity (Wildman–Crippen MR) is 60.0 cm³/mol. The van der Waals surface area contributed by atoms with Gasteiger partial charge < -0.3 is 5.32 Å². The van der Waals surface area contributed by atoms with Gasteiger partial charge in [-0.3, -0.25) is 0 Å². The molecule has 0 heterocycles. The molecule has 0 radical (unpaired) electrons. The van der Waals surface area contributed by atoms with Crippen LogP contribution in [0.4, 0.5) is 8.78 Å². The lowest BCUT2D eigenvalue weighted by atomic mass is 10.0. The maximum absolute atomic E-state index is 13.3. The average molecular weight is 223 g/mol. The first-order valence-electron chi connectivity index (χ1n) is 5.58. The van der Waals surface area contributed by atoms with E-state index in [9.17, 15) is 8.78 Å². The number of hydrogen-bond acceptors (Lipinski definition) is 1. The normalized spacial score (nSPS) is 20.0. The second-order valence-electron chi connectivity index (χ2n) is 4.10. The SMILES string of the molecule is Fc1ccc(CNC2CC=CCC2)c(F)c1. The van der Waals surface area contributed by atoms with Gasteiger partial charge in [0.25, 0.3) is 0 Å². The molecule has 3 heteroatoms. The molecule has 1 aromatic rings. The van der Waals surface area contributed by atoms with Crippen LogP contribution in [0.3, 0.4) is 0 Å². The molecule has 1 atom stereocenters. The van der Waals surface area contributed by atoms with Crippen LogP contribution in [-0.2, 0) is 6.54 Å². The molecule has 2 rings (SSSR count). The average Bonchev–Trinajstić information content (AvgIpc) is 2.29. The van der Waals surface area contributed by atoms with Crippen molar-refractivity contribution in [2.75, 3.05) is 0 Å². The van der Waals surface area contributed by atoms with Gasteiger partial charge in [0, 0.05) is 24.2 Å². The second kappa shape index (κ2) is 5.21. The minimum Gasteiger partial charge on any atom is -0.309 e. The highest BCUT2D eigenvalue weighted by atomic mass is 19.1. The molecule has 1 aromatic carbocycles. The molecule has 0 spiro atoms. The molecule has 16 heavy (non-hydrogen) atoms. The highest BCUT2D eigenvalue weighted by molar-refractivity contribution is 5.18. The van der Waals surface area contributed by atoms with Gasteiger partial charge in [0.15, 0.2) is 0 Å². The third kappa shape index (κ3) is 2.89. The Hall–Kier alpha value is -1.22. The van der Waals surface area contributed by atoms with Crippen LogP contribution >= 0.6 is 0 Å². The van der Waals surface area contributed by atoms with Crippen LogP contribution in [-0.4, -0.2) is 6.04 Å². The van der Waals surface area contributed by atoms with Crippen molar-refractivity contribution >= 4 is 0 Å². The molecule has 0 amide bonds. The largest absolute Gasteiger partial charge is 0.309 e. The van der Waals surface area contributed by atoms with E-state index in [0.717, 1.165) is 25.3 Å². The maximum atomic E-state index is 13.3. The lowest BCUT2D eigenvalue weighted by Gasteiger charge is -2.19. The molecule has 0 saturated carbocycles. The summed E-state index contributed by atoms with van der Waals surface area (Å²) < 4.78 is 26.0. The number of rotatable bonds is 3. The Morgan fingerprint density at radius 2 is 2.12 bits per heavy atom. The summed E-state index contributed by atoms with van der Waals surface area (Å²) in [6.07, 6.45) is 7.45. The summed E-state index contributed by atoms with van der Waals surface area (Å²) in [6.45, 7) is 0.463. The molecule has 1 aliphatic rings. The van der Waals surface area contributed by atoms with Crippen LogP contribution < -0.4 is 5.32 Å². The Kier molecular flexibility index (Phi) is 3.67. The topological polar surface area (TPSA) is 12.0 Å². The van der Waals surface area contributed by atoms with Crippen molar-refractivity contribution in [1.29, 1.82) is 0 Å². The van der Waals surface area contributed by atoms with Crippen LogP contribution in [0.1, 0.15) is 24.8 Å². The third-order valence-electron chi connectivity index (χ3n) is 2.87. The molecular formula is C13H15F2N. The molecule has 0 aliphatic heterocycles. The summed E-state index contributed by atoms with van der Waals surface area (Å²) in [5, 5.41) is 3.28. The fourth-order valence-corrected chi connectivity index (χ4v) is 1.90. The zero-order valence-electron chi connectivity index (χ0n) is 9.05. The van der Waals surface area contributed by atoms with Crippen molar-refractivity contribution in [3.05, 3.63) is 47.5 Å². The minimum atomic E-state index is -0.526. The van der Waals surface area contributed by atoms with E-state index < -0.39 is 11.6 Å². The van der Waals surface area contributed by atoms with Gasteiger partial charge in [-0.2, -0.15) is 0 Å². The molecule has 1 aliphatic carbocycles. The third-order valence-corrected chi connectivity index (χ3v) is 2.87. The Balaban J connectivity index is 1.91. The molecular weight excluding hydrogens is 208 g/mol. The maximum Gasteiger partial charge on any atom is 0.130 e. The quantitative estimate of drug-likeness (QED) is 0.776. The monoisotopic (exact) mass is 223 g/mol. The van der Waals surface area contributed by atoms with Crippen molar-refractivity contribution in [1.82, 2.24) is 5.32 Å². The number of benzene rings is 1. The smallest absolute Gasteiger partial charge is 0.130 e. The van der Waals surface area contributed by atoms with Gasteiger partial charge in [0.05, 0.1) is 0 Å². The second-order valence-corrected chi connectivity index (χ2v) is 4.10. The molecule has 0 bridgehead atoms. The zero-order valence-corrected chi connectivity index (χ0v) is 9.05. The minimum absolute atomic E-state index is 0.412. The van der Waals surface area contributed by atoms with Crippen LogP contribution in [0.5, 0.6) is 0 Å². The van der Waals surface area contributed by atoms with Crippen molar-refractivity contribution in [3.63, 3.8) is 0 Å². The highest BCUT2D eigenvalue weighted by Crippen LogP contribution is 2.13. The molecule has 1 N–H and O–H groups in total. The van der Waals surface area contributed by atoms with Gasteiger partial charge in [0.2, 0.25) is 0 Å². The van der Waals surface area contributed by atoms with Gasteiger partial charge >= 0.3 is 0 Å². The molecule has 1 unspecified atom stereocenters. The standard InChI is InChI=1S/C13H15F2N/c14-11-7-6-10(13(15)8-11)9-16-12-4-2-1-3-5-12/h1-2,6-8,12,16H,3-5,9H2. The molecule has 0 aromatic heterocycles. The van der Waals surface area contributed by atoms with E-state index >= 15 is 0 Å². The van der Waals surface area contributed by atoms with Crippen LogP contribution in [0.2, 0.25) is 0 Å². The lowest BCUT2D eigenvalue weighted by molar-refractivity contribution is 0.465. The Morgan fingerprint density at radius 1 is 1.25 bits per heavy atom. The summed E-state index contributed by atoms with van der Waals surface area (Å²) in [6, 6.07) is 4.13. The first-order chi connectivity index (χ1) is 7.75. The Labute approximate surface area is 94.2 Å². The number of halogens is 2. The Morgan fingerprint density at radius 3 is 2.81 bits per heavy atom. The van der Waals surface area contributed by atoms with E-state index in [2.05, 4.69) is 17.5 Å². The number of allylic oxidation sites excluding steroid dienone is 1. The lowest BCUT2D eigenvalue weighted by Crippen LogP contribution is -2.29. The summed E-state index contributed by atoms with van der Waals surface area (Å²) in [7, 11) is 0. The van der Waals surface area contributed by atoms with Crippen molar-refractivity contribution in [3.8, 4) is 0 Å². The van der Waals surface area contributed by atoms with E-state index in [1.165, 1.54) is 12.1 Å². The van der Waals surface area contributed by atoms with Crippen molar-refractivity contribution in [2.24, 2.45) is 0 Å². The van der Waals surface area contributed by atoms with E-state index in [1.807, 2.05) is 0 Å². The fourth-order valence-electron chi connectivity index (χ4n) is 1.90. The van der Waals surface area contributed by atoms with E-state index in [-0.39, 0.29) is 0 Å². The van der Waals surface area contributed by atoms with E-state index in [4.69, 9.17) is 0 Å². The van der Waals surface area contributed by atoms with Gasteiger partial charge in [0.1, 0.15) is 11.6 Å². The summed E-state index contributed by atoms with van der Waals surface area (Å²) in [5.41, 5.74) is 0.524. The molecule has 0 fully saturated rings. The first-order valence-corrected chi connectivity index (χ1v) is 5.58. The van der Waals surface area contributed by atoms with Crippen molar-refractivity contribution in [2.45, 2.75) is 31.8 Å². The number of nitrogens with one attached hydrogen (secondary N) is 1. The Bertz CT molecular complexity index is 388. The van der Waals surface area contributed by atoms with Crippen molar-refractivity contribution < 1.29 is 8.78 Å². The molecule has 86 valence electrons. The van der Waals surface area contributed by atoms with Gasteiger partial charge in [-0.15, -0.1) is 0 Å². The molecule has 1 nitrogen and oxygen atoms in total. The summed E-state index contributed by atoms with van der Waals surface area (Å²) in [5.74, 6) is -0.999. The van der Waals surface area contributed by atoms with Gasteiger partial charge in [-0.1, -0.05) is 18.2 Å². The van der Waals surface area contributed by atoms with Gasteiger partial charge in [-0.05, 0) is 25.3 Å². The summed E-state index contributed by atoms with van der Waals surface area (Å²) in [4.78, 5) is 0.